The number of nitrogens with one attached hydrogen (secondary N) is 1. The van der Waals surface area contributed by atoms with E-state index in [0.29, 0.717) is 5.82 Å². The first-order chi connectivity index (χ1) is 8.34. The van der Waals surface area contributed by atoms with Crippen LogP contribution in [0.1, 0.15) is 32.6 Å². The summed E-state index contributed by atoms with van der Waals surface area (Å²) in [5.74, 6) is -0.927. The number of nitrogens with zero attached hydrogens (tertiary/aromatic N) is 3. The van der Waals surface area contributed by atoms with Gasteiger partial charge in [-0.2, -0.15) is 0 Å². The molecule has 0 bridgehead atoms. The van der Waals surface area contributed by atoms with Gasteiger partial charge in [-0.15, -0.1) is 10.2 Å². The van der Waals surface area contributed by atoms with E-state index in [9.17, 15) is 9.59 Å². The maximum Gasteiger partial charge on any atom is 0.331 e. The van der Waals surface area contributed by atoms with Crippen LogP contribution in [0.15, 0.2) is 17.5 Å². The summed E-state index contributed by atoms with van der Waals surface area (Å²) in [7, 11) is 1.77. The monoisotopic (exact) mass is 252 g/mol. The van der Waals surface area contributed by atoms with Crippen molar-refractivity contribution in [1.82, 2.24) is 20.1 Å². The van der Waals surface area contributed by atoms with Crippen LogP contribution in [-0.2, 0) is 16.6 Å². The molecule has 1 aromatic rings. The zero-order valence-electron chi connectivity index (χ0n) is 10.8. The third-order valence-electron chi connectivity index (χ3n) is 2.71. The minimum absolute atomic E-state index is 0.0256. The van der Waals surface area contributed by atoms with Gasteiger partial charge >= 0.3 is 5.97 Å². The maximum atomic E-state index is 11.8. The lowest BCUT2D eigenvalue weighted by molar-refractivity contribution is -0.133. The Morgan fingerprint density at radius 3 is 2.44 bits per heavy atom. The van der Waals surface area contributed by atoms with E-state index in [1.165, 1.54) is 20.2 Å². The average Bonchev–Trinajstić information content (AvgIpc) is 2.73. The molecule has 0 saturated heterocycles. The second kappa shape index (κ2) is 5.44. The Bertz CT molecular complexity index is 504. The number of aromatic nitrogens is 3. The van der Waals surface area contributed by atoms with E-state index in [1.54, 1.807) is 18.5 Å². The highest BCUT2D eigenvalue weighted by atomic mass is 16.4. The van der Waals surface area contributed by atoms with Crippen molar-refractivity contribution in [3.63, 3.8) is 0 Å². The molecule has 0 saturated carbocycles. The van der Waals surface area contributed by atoms with Gasteiger partial charge in [0.1, 0.15) is 6.33 Å². The Labute approximate surface area is 105 Å². The van der Waals surface area contributed by atoms with Gasteiger partial charge in [0.25, 0.3) is 0 Å². The second-order valence-corrected chi connectivity index (χ2v) is 4.05. The highest BCUT2D eigenvalue weighted by Crippen LogP contribution is 2.10. The standard InChI is InChI=1S/C11H16N4O3/c1-6(7(2)11(17)18)10(16)13-8(3)9-14-12-5-15(9)4/h5,8H,1-4H3,(H,13,16)(H,17,18). The molecule has 0 aromatic carbocycles. The molecule has 1 unspecified atom stereocenters. The predicted octanol–water partition coefficient (Wildman–Crippen LogP) is 0.413. The molecule has 1 heterocycles. The minimum atomic E-state index is -1.10. The number of carboxylic acids is 1. The molecule has 0 aliphatic heterocycles. The first kappa shape index (κ1) is 13.9. The van der Waals surface area contributed by atoms with Gasteiger partial charge in [0, 0.05) is 18.2 Å². The normalized spacial score (nSPS) is 13.8. The van der Waals surface area contributed by atoms with Crippen molar-refractivity contribution in [3.8, 4) is 0 Å². The van der Waals surface area contributed by atoms with Crippen LogP contribution in [0.2, 0.25) is 0 Å². The maximum absolute atomic E-state index is 11.8. The van der Waals surface area contributed by atoms with Gasteiger partial charge in [0.2, 0.25) is 5.91 Å². The summed E-state index contributed by atoms with van der Waals surface area (Å²) >= 11 is 0. The van der Waals surface area contributed by atoms with Crippen LogP contribution in [0.4, 0.5) is 0 Å². The van der Waals surface area contributed by atoms with Crippen LogP contribution in [0.3, 0.4) is 0 Å². The molecule has 0 aliphatic carbocycles. The van der Waals surface area contributed by atoms with Gasteiger partial charge in [-0.1, -0.05) is 0 Å². The lowest BCUT2D eigenvalue weighted by Crippen LogP contribution is -2.30. The zero-order chi connectivity index (χ0) is 13.9. The Hall–Kier alpha value is -2.18. The molecule has 98 valence electrons. The predicted molar refractivity (Wildman–Crippen MR) is 63.6 cm³/mol. The van der Waals surface area contributed by atoms with Crippen molar-refractivity contribution < 1.29 is 14.7 Å². The van der Waals surface area contributed by atoms with Crippen molar-refractivity contribution in [2.75, 3.05) is 0 Å². The van der Waals surface area contributed by atoms with E-state index in [2.05, 4.69) is 15.5 Å². The summed E-state index contributed by atoms with van der Waals surface area (Å²) in [4.78, 5) is 22.6. The van der Waals surface area contributed by atoms with Crippen molar-refractivity contribution >= 4 is 11.9 Å². The van der Waals surface area contributed by atoms with E-state index >= 15 is 0 Å². The summed E-state index contributed by atoms with van der Waals surface area (Å²) in [6, 6.07) is -0.346. The van der Waals surface area contributed by atoms with Crippen molar-refractivity contribution in [2.45, 2.75) is 26.8 Å². The largest absolute Gasteiger partial charge is 0.478 e. The molecule has 7 heteroatoms. The Balaban J connectivity index is 2.81. The van der Waals surface area contributed by atoms with Gasteiger partial charge in [-0.25, -0.2) is 4.79 Å². The molecule has 1 rings (SSSR count). The number of carboxylic acid groups (broad SMARTS) is 1. The molecule has 2 N–H and O–H groups in total. The molecule has 0 spiro atoms. The highest BCUT2D eigenvalue weighted by molar-refractivity contribution is 6.01. The molecule has 0 radical (unpaired) electrons. The van der Waals surface area contributed by atoms with Crippen LogP contribution >= 0.6 is 0 Å². The lowest BCUT2D eigenvalue weighted by atomic mass is 10.1. The van der Waals surface area contributed by atoms with Crippen LogP contribution < -0.4 is 5.32 Å². The Morgan fingerprint density at radius 1 is 1.39 bits per heavy atom. The van der Waals surface area contributed by atoms with Crippen molar-refractivity contribution in [2.24, 2.45) is 7.05 Å². The first-order valence-electron chi connectivity index (χ1n) is 5.40. The fourth-order valence-corrected chi connectivity index (χ4v) is 1.38. The minimum Gasteiger partial charge on any atom is -0.478 e. The van der Waals surface area contributed by atoms with E-state index in [-0.39, 0.29) is 17.2 Å². The molecule has 7 nitrogen and oxygen atoms in total. The number of carbonyl (C=O) groups excluding carboxylic acids is 1. The van der Waals surface area contributed by atoms with E-state index in [0.717, 1.165) is 0 Å². The van der Waals surface area contributed by atoms with E-state index < -0.39 is 11.9 Å². The van der Waals surface area contributed by atoms with Gasteiger partial charge in [-0.05, 0) is 20.8 Å². The highest BCUT2D eigenvalue weighted by Gasteiger charge is 2.17. The molecule has 0 aliphatic rings. The lowest BCUT2D eigenvalue weighted by Gasteiger charge is -2.13. The zero-order valence-corrected chi connectivity index (χ0v) is 10.8. The van der Waals surface area contributed by atoms with Gasteiger partial charge < -0.3 is 15.0 Å². The molecule has 1 aromatic heterocycles. The van der Waals surface area contributed by atoms with Crippen LogP contribution in [0, 0.1) is 0 Å². The Kier molecular flexibility index (Phi) is 4.19. The van der Waals surface area contributed by atoms with E-state index in [1.807, 2.05) is 0 Å². The summed E-state index contributed by atoms with van der Waals surface area (Å²) in [6.07, 6.45) is 1.53. The smallest absolute Gasteiger partial charge is 0.331 e. The molecule has 0 fully saturated rings. The quantitative estimate of drug-likeness (QED) is 0.756. The second-order valence-electron chi connectivity index (χ2n) is 4.05. The fraction of sp³-hybridized carbons (Fsp3) is 0.455. The number of amides is 1. The Morgan fingerprint density at radius 2 is 2.00 bits per heavy atom. The molecule has 1 atom stereocenters. The summed E-state index contributed by atoms with van der Waals surface area (Å²) < 4.78 is 1.69. The third-order valence-corrected chi connectivity index (χ3v) is 2.71. The topological polar surface area (TPSA) is 97.1 Å². The van der Waals surface area contributed by atoms with Gasteiger partial charge in [-0.3, -0.25) is 4.79 Å². The number of rotatable bonds is 4. The molecular formula is C11H16N4O3. The van der Waals surface area contributed by atoms with Crippen LogP contribution in [0.25, 0.3) is 0 Å². The average molecular weight is 252 g/mol. The van der Waals surface area contributed by atoms with E-state index in [4.69, 9.17) is 5.11 Å². The third kappa shape index (κ3) is 2.93. The molecular weight excluding hydrogens is 236 g/mol. The number of aryl methyl sites for hydroxylation is 1. The van der Waals surface area contributed by atoms with Crippen molar-refractivity contribution in [3.05, 3.63) is 23.3 Å². The number of carbonyl (C=O) groups is 2. The summed E-state index contributed by atoms with van der Waals surface area (Å²) in [6.45, 7) is 4.62. The van der Waals surface area contributed by atoms with Crippen LogP contribution in [0.5, 0.6) is 0 Å². The van der Waals surface area contributed by atoms with Gasteiger partial charge in [0.05, 0.1) is 6.04 Å². The molecule has 18 heavy (non-hydrogen) atoms. The van der Waals surface area contributed by atoms with Crippen LogP contribution in [-0.4, -0.2) is 31.7 Å². The van der Waals surface area contributed by atoms with Gasteiger partial charge in [0.15, 0.2) is 5.82 Å². The van der Waals surface area contributed by atoms with Crippen molar-refractivity contribution in [1.29, 1.82) is 0 Å². The SMILES string of the molecule is CC(C(=O)O)=C(C)C(=O)NC(C)c1nncn1C. The molecule has 1 amide bonds. The number of hydrogen-bond acceptors (Lipinski definition) is 4. The fourth-order valence-electron chi connectivity index (χ4n) is 1.38. The summed E-state index contributed by atoms with van der Waals surface area (Å²) in [5.41, 5.74) is 0.203. The first-order valence-corrected chi connectivity index (χ1v) is 5.40. The number of aliphatic carboxylic acids is 1. The number of hydrogen-bond donors (Lipinski definition) is 2. The summed E-state index contributed by atoms with van der Waals surface area (Å²) in [5, 5.41) is 19.1.